The Morgan fingerprint density at radius 3 is 2.52 bits per heavy atom. The quantitative estimate of drug-likeness (QED) is 0.718. The number of aromatic amines is 1. The van der Waals surface area contributed by atoms with Crippen LogP contribution in [0.25, 0.3) is 0 Å². The van der Waals surface area contributed by atoms with Gasteiger partial charge in [-0.3, -0.25) is 9.59 Å². The van der Waals surface area contributed by atoms with E-state index in [1.807, 2.05) is 4.90 Å². The van der Waals surface area contributed by atoms with Crippen molar-refractivity contribution in [1.82, 2.24) is 19.8 Å². The molecule has 1 aromatic rings. The Hall–Kier alpha value is -2.09. The molecule has 0 radical (unpaired) electrons. The summed E-state index contributed by atoms with van der Waals surface area (Å²) in [6, 6.07) is 0.179. The molecule has 8 nitrogen and oxygen atoms in total. The van der Waals surface area contributed by atoms with Crippen LogP contribution in [0.1, 0.15) is 67.5 Å². The Morgan fingerprint density at radius 1 is 1.22 bits per heavy atom. The number of carbonyl (C=O) groups is 2. The number of aliphatic hydroxyl groups excluding tert-OH is 1. The molecule has 1 spiro atoms. The van der Waals surface area contributed by atoms with Gasteiger partial charge in [-0.15, -0.1) is 0 Å². The molecule has 2 aliphatic heterocycles. The molecule has 1 aliphatic carbocycles. The molecule has 4 N–H and O–H groups in total. The molecule has 4 rings (SSSR count). The third kappa shape index (κ3) is 2.99. The van der Waals surface area contributed by atoms with E-state index in [9.17, 15) is 14.7 Å². The van der Waals surface area contributed by atoms with Crippen molar-refractivity contribution < 1.29 is 14.7 Å². The van der Waals surface area contributed by atoms with E-state index < -0.39 is 5.54 Å². The lowest BCUT2D eigenvalue weighted by atomic mass is 9.82. The largest absolute Gasteiger partial charge is 0.393 e. The average molecular weight is 375 g/mol. The summed E-state index contributed by atoms with van der Waals surface area (Å²) in [7, 11) is 0. The molecule has 8 heteroatoms. The van der Waals surface area contributed by atoms with Gasteiger partial charge in [0.2, 0.25) is 5.91 Å². The summed E-state index contributed by atoms with van der Waals surface area (Å²) >= 11 is 0. The molecule has 1 aromatic heterocycles. The number of H-pyrrole nitrogens is 1. The molecule has 3 heterocycles. The second-order valence-corrected chi connectivity index (χ2v) is 8.25. The fraction of sp³-hybridized carbons (Fsp3) is 0.737. The maximum Gasteiger partial charge on any atom is 0.275 e. The van der Waals surface area contributed by atoms with Crippen LogP contribution < -0.4 is 5.73 Å². The van der Waals surface area contributed by atoms with Crippen LogP contribution in [0.4, 0.5) is 5.95 Å². The van der Waals surface area contributed by atoms with Gasteiger partial charge in [-0.25, -0.2) is 4.98 Å². The Morgan fingerprint density at radius 2 is 1.89 bits per heavy atom. The maximum absolute atomic E-state index is 13.6. The normalized spacial score (nSPS) is 31.7. The molecule has 148 valence electrons. The summed E-state index contributed by atoms with van der Waals surface area (Å²) in [4.78, 5) is 37.6. The third-order valence-electron chi connectivity index (χ3n) is 6.59. The molecule has 1 saturated carbocycles. The number of aromatic nitrogens is 2. The summed E-state index contributed by atoms with van der Waals surface area (Å²) < 4.78 is 0. The molecule has 0 aromatic carbocycles. The minimum atomic E-state index is -0.744. The summed E-state index contributed by atoms with van der Waals surface area (Å²) in [6.07, 6.45) is 6.07. The van der Waals surface area contributed by atoms with Crippen LogP contribution >= 0.6 is 0 Å². The zero-order valence-electron chi connectivity index (χ0n) is 15.9. The van der Waals surface area contributed by atoms with E-state index >= 15 is 0 Å². The van der Waals surface area contributed by atoms with Gasteiger partial charge in [0.25, 0.3) is 5.91 Å². The second-order valence-electron chi connectivity index (χ2n) is 8.25. The highest BCUT2D eigenvalue weighted by Gasteiger charge is 2.54. The van der Waals surface area contributed by atoms with E-state index in [0.717, 1.165) is 45.1 Å². The molecule has 3 aliphatic rings. The Kier molecular flexibility index (Phi) is 4.61. The minimum absolute atomic E-state index is 0.0853. The number of nitrogens with zero attached hydrogens (tertiary/aromatic N) is 3. The van der Waals surface area contributed by atoms with E-state index in [2.05, 4.69) is 9.97 Å². The monoisotopic (exact) mass is 375 g/mol. The number of nitrogen functional groups attached to an aromatic ring is 1. The molecule has 3 fully saturated rings. The molecule has 1 atom stereocenters. The van der Waals surface area contributed by atoms with E-state index in [0.29, 0.717) is 30.8 Å². The lowest BCUT2D eigenvalue weighted by molar-refractivity contribution is -0.149. The number of carbonyl (C=O) groups excluding carboxylic acids is 2. The highest BCUT2D eigenvalue weighted by Crippen LogP contribution is 2.41. The van der Waals surface area contributed by atoms with Gasteiger partial charge in [-0.05, 0) is 58.3 Å². The number of hydrogen-bond acceptors (Lipinski definition) is 5. The van der Waals surface area contributed by atoms with Crippen molar-refractivity contribution in [3.05, 3.63) is 11.4 Å². The topological polar surface area (TPSA) is 116 Å². The van der Waals surface area contributed by atoms with Crippen LogP contribution in [-0.4, -0.2) is 67.5 Å². The molecule has 2 saturated heterocycles. The molecule has 2 amide bonds. The van der Waals surface area contributed by atoms with Crippen molar-refractivity contribution in [1.29, 1.82) is 0 Å². The molecule has 27 heavy (non-hydrogen) atoms. The van der Waals surface area contributed by atoms with Gasteiger partial charge in [-0.1, -0.05) is 0 Å². The first-order valence-electron chi connectivity index (χ1n) is 10.1. The first-order chi connectivity index (χ1) is 12.9. The summed E-state index contributed by atoms with van der Waals surface area (Å²) in [5.41, 5.74) is 5.93. The number of rotatable bonds is 2. The second kappa shape index (κ2) is 6.82. The standard InChI is InChI=1S/C19H29N5O3/c1-12-15(22-18(20)21-12)16(26)24-11-3-9-19(24)8-2-10-23(17(19)27)13-4-6-14(25)7-5-13/h13-14,25H,2-11H2,1H3,(H3,20,21,22). The van der Waals surface area contributed by atoms with Gasteiger partial charge in [0.15, 0.2) is 11.6 Å². The van der Waals surface area contributed by atoms with Gasteiger partial charge in [0, 0.05) is 24.8 Å². The lowest BCUT2D eigenvalue weighted by Crippen LogP contribution is -2.63. The fourth-order valence-corrected chi connectivity index (χ4v) is 5.21. The van der Waals surface area contributed by atoms with Crippen molar-refractivity contribution in [3.63, 3.8) is 0 Å². The van der Waals surface area contributed by atoms with Gasteiger partial charge in [0.1, 0.15) is 5.54 Å². The van der Waals surface area contributed by atoms with Crippen molar-refractivity contribution in [2.45, 2.75) is 76.0 Å². The lowest BCUT2D eigenvalue weighted by Gasteiger charge is -2.48. The Bertz CT molecular complexity index is 740. The number of nitrogens with one attached hydrogen (secondary N) is 1. The minimum Gasteiger partial charge on any atom is -0.393 e. The molecular formula is C19H29N5O3. The van der Waals surface area contributed by atoms with Crippen LogP contribution in [-0.2, 0) is 4.79 Å². The predicted molar refractivity (Wildman–Crippen MR) is 99.9 cm³/mol. The zero-order valence-corrected chi connectivity index (χ0v) is 15.9. The number of imidazole rings is 1. The van der Waals surface area contributed by atoms with E-state index in [1.165, 1.54) is 0 Å². The average Bonchev–Trinajstić information content (AvgIpc) is 3.21. The number of aryl methyl sites for hydroxylation is 1. The third-order valence-corrected chi connectivity index (χ3v) is 6.59. The summed E-state index contributed by atoms with van der Waals surface area (Å²) in [5.74, 6) is 0.107. The van der Waals surface area contributed by atoms with E-state index in [4.69, 9.17) is 5.73 Å². The number of hydrogen-bond donors (Lipinski definition) is 3. The summed E-state index contributed by atoms with van der Waals surface area (Å²) in [6.45, 7) is 3.10. The smallest absolute Gasteiger partial charge is 0.275 e. The Balaban J connectivity index is 1.59. The van der Waals surface area contributed by atoms with E-state index in [1.54, 1.807) is 11.8 Å². The van der Waals surface area contributed by atoms with Crippen molar-refractivity contribution in [3.8, 4) is 0 Å². The predicted octanol–water partition coefficient (Wildman–Crippen LogP) is 1.20. The number of amides is 2. The van der Waals surface area contributed by atoms with E-state index in [-0.39, 0.29) is 29.9 Å². The molecule has 0 bridgehead atoms. The SMILES string of the molecule is Cc1[nH]c(N)nc1C(=O)N1CCCC12CCCN(C1CCC(O)CC1)C2=O. The number of piperidine rings is 1. The van der Waals surface area contributed by atoms with Crippen LogP contribution in [0.3, 0.4) is 0 Å². The number of anilines is 1. The Labute approximate surface area is 159 Å². The van der Waals surface area contributed by atoms with Gasteiger partial charge >= 0.3 is 0 Å². The highest BCUT2D eigenvalue weighted by atomic mass is 16.3. The van der Waals surface area contributed by atoms with Crippen LogP contribution in [0.2, 0.25) is 0 Å². The number of likely N-dealkylation sites (tertiary alicyclic amines) is 2. The van der Waals surface area contributed by atoms with Crippen molar-refractivity contribution in [2.24, 2.45) is 0 Å². The van der Waals surface area contributed by atoms with Crippen LogP contribution in [0.5, 0.6) is 0 Å². The van der Waals surface area contributed by atoms with Gasteiger partial charge in [0.05, 0.1) is 6.10 Å². The fourth-order valence-electron chi connectivity index (χ4n) is 5.21. The van der Waals surface area contributed by atoms with Crippen molar-refractivity contribution in [2.75, 3.05) is 18.8 Å². The van der Waals surface area contributed by atoms with Gasteiger partial charge < -0.3 is 25.6 Å². The summed E-state index contributed by atoms with van der Waals surface area (Å²) in [5, 5.41) is 9.79. The van der Waals surface area contributed by atoms with Crippen molar-refractivity contribution >= 4 is 17.8 Å². The van der Waals surface area contributed by atoms with Crippen LogP contribution in [0.15, 0.2) is 0 Å². The first kappa shape index (κ1) is 18.3. The molecular weight excluding hydrogens is 346 g/mol. The number of nitrogens with two attached hydrogens (primary N) is 1. The molecule has 1 unspecified atom stereocenters. The zero-order chi connectivity index (χ0) is 19.2. The van der Waals surface area contributed by atoms with Crippen LogP contribution in [0, 0.1) is 6.92 Å². The maximum atomic E-state index is 13.6. The number of aliphatic hydroxyl groups is 1. The highest BCUT2D eigenvalue weighted by molar-refractivity contribution is 5.99. The van der Waals surface area contributed by atoms with Gasteiger partial charge in [-0.2, -0.15) is 0 Å². The first-order valence-corrected chi connectivity index (χ1v) is 10.1.